The normalized spacial score (nSPS) is 21.8. The minimum Gasteiger partial charge on any atom is -0.383 e. The Labute approximate surface area is 97.4 Å². The van der Waals surface area contributed by atoms with Gasteiger partial charge in [-0.05, 0) is 26.2 Å². The second-order valence-electron chi connectivity index (χ2n) is 4.14. The van der Waals surface area contributed by atoms with Crippen LogP contribution in [0.25, 0.3) is 0 Å². The number of carbonyl (C=O) groups is 1. The largest absolute Gasteiger partial charge is 0.383 e. The molecule has 0 fully saturated rings. The van der Waals surface area contributed by atoms with E-state index >= 15 is 0 Å². The molecular formula is C12H22N2O2. The smallest absolute Gasteiger partial charge is 0.236 e. The van der Waals surface area contributed by atoms with Gasteiger partial charge in [0.15, 0.2) is 0 Å². The highest BCUT2D eigenvalue weighted by molar-refractivity contribution is 5.81. The van der Waals surface area contributed by atoms with Gasteiger partial charge in [0.1, 0.15) is 0 Å². The lowest BCUT2D eigenvalue weighted by molar-refractivity contribution is -0.123. The molecule has 0 radical (unpaired) electrons. The van der Waals surface area contributed by atoms with Crippen LogP contribution in [-0.4, -0.2) is 38.3 Å². The summed E-state index contributed by atoms with van der Waals surface area (Å²) in [6.45, 7) is 3.02. The molecule has 1 aliphatic carbocycles. The van der Waals surface area contributed by atoms with Crippen LogP contribution in [0.5, 0.6) is 0 Å². The topological polar surface area (TPSA) is 50.4 Å². The summed E-state index contributed by atoms with van der Waals surface area (Å²) in [5.74, 6) is 0.0380. The van der Waals surface area contributed by atoms with Gasteiger partial charge in [0, 0.05) is 19.7 Å². The highest BCUT2D eigenvalue weighted by Gasteiger charge is 2.16. The molecule has 0 saturated heterocycles. The van der Waals surface area contributed by atoms with E-state index in [-0.39, 0.29) is 11.9 Å². The van der Waals surface area contributed by atoms with Crippen LogP contribution in [0.2, 0.25) is 0 Å². The lowest BCUT2D eigenvalue weighted by Gasteiger charge is -2.22. The van der Waals surface area contributed by atoms with Crippen molar-refractivity contribution in [2.75, 3.05) is 20.3 Å². The first-order valence-electron chi connectivity index (χ1n) is 5.93. The summed E-state index contributed by atoms with van der Waals surface area (Å²) in [7, 11) is 1.63. The van der Waals surface area contributed by atoms with Gasteiger partial charge in [-0.1, -0.05) is 12.2 Å². The van der Waals surface area contributed by atoms with Crippen molar-refractivity contribution >= 4 is 5.91 Å². The van der Waals surface area contributed by atoms with Crippen LogP contribution in [0.3, 0.4) is 0 Å². The molecule has 0 saturated carbocycles. The standard InChI is InChI=1S/C12H22N2O2/c1-10(12(15)13-8-9-16-2)14-11-6-4-3-5-7-11/h4,6,10-11,14H,3,5,7-9H2,1-2H3,(H,13,15). The highest BCUT2D eigenvalue weighted by atomic mass is 16.5. The third-order valence-corrected chi connectivity index (χ3v) is 2.72. The fraction of sp³-hybridized carbons (Fsp3) is 0.750. The molecule has 0 aliphatic heterocycles. The summed E-state index contributed by atoms with van der Waals surface area (Å²) in [6.07, 6.45) is 7.81. The number of hydrogen-bond acceptors (Lipinski definition) is 3. The number of hydrogen-bond donors (Lipinski definition) is 2. The van der Waals surface area contributed by atoms with Crippen molar-refractivity contribution in [1.29, 1.82) is 0 Å². The Morgan fingerprint density at radius 1 is 1.62 bits per heavy atom. The number of methoxy groups -OCH3 is 1. The lowest BCUT2D eigenvalue weighted by atomic mass is 10.0. The predicted molar refractivity (Wildman–Crippen MR) is 64.3 cm³/mol. The summed E-state index contributed by atoms with van der Waals surface area (Å²) >= 11 is 0. The van der Waals surface area contributed by atoms with E-state index in [0.717, 1.165) is 12.8 Å². The maximum atomic E-state index is 11.6. The Morgan fingerprint density at radius 2 is 2.44 bits per heavy atom. The molecule has 1 aliphatic rings. The van der Waals surface area contributed by atoms with E-state index in [4.69, 9.17) is 4.74 Å². The third kappa shape index (κ3) is 4.77. The Hall–Kier alpha value is -0.870. The number of rotatable bonds is 6. The van der Waals surface area contributed by atoms with Crippen molar-refractivity contribution in [3.63, 3.8) is 0 Å². The maximum absolute atomic E-state index is 11.6. The quantitative estimate of drug-likeness (QED) is 0.521. The van der Waals surface area contributed by atoms with E-state index in [2.05, 4.69) is 22.8 Å². The van der Waals surface area contributed by atoms with Gasteiger partial charge in [-0.2, -0.15) is 0 Å². The van der Waals surface area contributed by atoms with Crippen molar-refractivity contribution in [3.05, 3.63) is 12.2 Å². The average Bonchev–Trinajstić information content (AvgIpc) is 2.30. The molecule has 2 atom stereocenters. The number of carbonyl (C=O) groups excluding carboxylic acids is 1. The second-order valence-corrected chi connectivity index (χ2v) is 4.14. The molecule has 16 heavy (non-hydrogen) atoms. The zero-order valence-corrected chi connectivity index (χ0v) is 10.2. The first-order valence-corrected chi connectivity index (χ1v) is 5.93. The summed E-state index contributed by atoms with van der Waals surface area (Å²) < 4.78 is 4.88. The van der Waals surface area contributed by atoms with Crippen LogP contribution in [-0.2, 0) is 9.53 Å². The van der Waals surface area contributed by atoms with Gasteiger partial charge in [0.05, 0.1) is 12.6 Å². The molecule has 0 bridgehead atoms. The van der Waals surface area contributed by atoms with E-state index in [9.17, 15) is 4.79 Å². The second kappa shape index (κ2) is 7.41. The Morgan fingerprint density at radius 3 is 3.06 bits per heavy atom. The van der Waals surface area contributed by atoms with Crippen molar-refractivity contribution in [2.24, 2.45) is 0 Å². The zero-order chi connectivity index (χ0) is 11.8. The monoisotopic (exact) mass is 226 g/mol. The van der Waals surface area contributed by atoms with E-state index in [1.165, 1.54) is 6.42 Å². The van der Waals surface area contributed by atoms with E-state index in [1.54, 1.807) is 7.11 Å². The minimum atomic E-state index is -0.149. The van der Waals surface area contributed by atoms with Gasteiger partial charge in [-0.3, -0.25) is 10.1 Å². The van der Waals surface area contributed by atoms with Crippen LogP contribution in [0.1, 0.15) is 26.2 Å². The first-order chi connectivity index (χ1) is 7.74. The van der Waals surface area contributed by atoms with Crippen LogP contribution in [0, 0.1) is 0 Å². The van der Waals surface area contributed by atoms with Gasteiger partial charge >= 0.3 is 0 Å². The van der Waals surface area contributed by atoms with E-state index < -0.39 is 0 Å². The molecule has 4 nitrogen and oxygen atoms in total. The zero-order valence-electron chi connectivity index (χ0n) is 10.2. The van der Waals surface area contributed by atoms with Crippen molar-refractivity contribution in [1.82, 2.24) is 10.6 Å². The minimum absolute atomic E-state index is 0.0380. The summed E-state index contributed by atoms with van der Waals surface area (Å²) in [5.41, 5.74) is 0. The van der Waals surface area contributed by atoms with E-state index in [1.807, 2.05) is 6.92 Å². The predicted octanol–water partition coefficient (Wildman–Crippen LogP) is 0.836. The van der Waals surface area contributed by atoms with Crippen LogP contribution < -0.4 is 10.6 Å². The Bertz CT molecular complexity index is 241. The van der Waals surface area contributed by atoms with Crippen LogP contribution in [0.4, 0.5) is 0 Å². The van der Waals surface area contributed by atoms with Gasteiger partial charge in [-0.25, -0.2) is 0 Å². The van der Waals surface area contributed by atoms with Crippen LogP contribution in [0.15, 0.2) is 12.2 Å². The average molecular weight is 226 g/mol. The first kappa shape index (κ1) is 13.2. The van der Waals surface area contributed by atoms with Crippen molar-refractivity contribution in [2.45, 2.75) is 38.3 Å². The van der Waals surface area contributed by atoms with Gasteiger partial charge < -0.3 is 10.1 Å². The molecule has 2 N–H and O–H groups in total. The third-order valence-electron chi connectivity index (χ3n) is 2.72. The molecule has 0 heterocycles. The number of ether oxygens (including phenoxy) is 1. The summed E-state index contributed by atoms with van der Waals surface area (Å²) in [4.78, 5) is 11.6. The number of allylic oxidation sites excluding steroid dienone is 1. The van der Waals surface area contributed by atoms with Gasteiger partial charge in [-0.15, -0.1) is 0 Å². The van der Waals surface area contributed by atoms with Gasteiger partial charge in [0.2, 0.25) is 5.91 Å². The fourth-order valence-corrected chi connectivity index (χ4v) is 1.78. The Kier molecular flexibility index (Phi) is 6.11. The summed E-state index contributed by atoms with van der Waals surface area (Å²) in [6, 6.07) is 0.196. The van der Waals surface area contributed by atoms with Crippen LogP contribution >= 0.6 is 0 Å². The highest BCUT2D eigenvalue weighted by Crippen LogP contribution is 2.10. The van der Waals surface area contributed by atoms with Crippen molar-refractivity contribution in [3.8, 4) is 0 Å². The molecule has 0 spiro atoms. The maximum Gasteiger partial charge on any atom is 0.236 e. The fourth-order valence-electron chi connectivity index (χ4n) is 1.78. The Balaban J connectivity index is 2.22. The summed E-state index contributed by atoms with van der Waals surface area (Å²) in [5, 5.41) is 6.13. The van der Waals surface area contributed by atoms with Gasteiger partial charge in [0.25, 0.3) is 0 Å². The molecule has 92 valence electrons. The molecule has 1 amide bonds. The molecule has 0 aromatic rings. The molecular weight excluding hydrogens is 204 g/mol. The number of nitrogens with one attached hydrogen (secondary N) is 2. The molecule has 2 unspecified atom stereocenters. The van der Waals surface area contributed by atoms with E-state index in [0.29, 0.717) is 19.2 Å². The lowest BCUT2D eigenvalue weighted by Crippen LogP contribution is -2.47. The molecule has 0 aromatic heterocycles. The molecule has 4 heteroatoms. The molecule has 0 aromatic carbocycles. The van der Waals surface area contributed by atoms with Crippen molar-refractivity contribution < 1.29 is 9.53 Å². The number of amides is 1. The molecule has 1 rings (SSSR count). The SMILES string of the molecule is COCCNC(=O)C(C)NC1C=CCCC1.